The van der Waals surface area contributed by atoms with Crippen LogP contribution in [0.5, 0.6) is 0 Å². The Labute approximate surface area is 141 Å². The maximum absolute atomic E-state index is 12.3. The van der Waals surface area contributed by atoms with Gasteiger partial charge in [-0.1, -0.05) is 12.1 Å². The number of hydrogen-bond donors (Lipinski definition) is 1. The zero-order chi connectivity index (χ0) is 16.9. The number of aryl methyl sites for hydroxylation is 1. The van der Waals surface area contributed by atoms with Gasteiger partial charge in [-0.15, -0.1) is 0 Å². The second-order valence-corrected chi connectivity index (χ2v) is 6.07. The van der Waals surface area contributed by atoms with Crippen molar-refractivity contribution in [3.63, 3.8) is 0 Å². The summed E-state index contributed by atoms with van der Waals surface area (Å²) in [5, 5.41) is 2.86. The van der Waals surface area contributed by atoms with Crippen LogP contribution in [0.4, 0.5) is 0 Å². The number of hydrogen-bond acceptors (Lipinski definition) is 3. The van der Waals surface area contributed by atoms with Gasteiger partial charge in [0.05, 0.1) is 5.56 Å². The molecule has 0 unspecified atom stereocenters. The standard InChI is InChI=1S/C19H21N3O2/c1-14-4-7-17(13-20-14)18(23)21-12-15-5-8-16(9-6-15)19(24)22-10-2-3-11-22/h4-9,13H,2-3,10-12H2,1H3,(H,21,23). The Balaban J connectivity index is 1.57. The van der Waals surface area contributed by atoms with Gasteiger partial charge in [0.2, 0.25) is 0 Å². The van der Waals surface area contributed by atoms with Crippen LogP contribution in [-0.2, 0) is 6.54 Å². The molecule has 1 aromatic heterocycles. The molecular weight excluding hydrogens is 302 g/mol. The topological polar surface area (TPSA) is 62.3 Å². The molecule has 0 saturated carbocycles. The number of nitrogens with zero attached hydrogens (tertiary/aromatic N) is 2. The Morgan fingerprint density at radius 3 is 2.33 bits per heavy atom. The van der Waals surface area contributed by atoms with Crippen molar-refractivity contribution >= 4 is 11.8 Å². The number of carbonyl (C=O) groups excluding carboxylic acids is 2. The van der Waals surface area contributed by atoms with E-state index >= 15 is 0 Å². The number of amides is 2. The fourth-order valence-corrected chi connectivity index (χ4v) is 2.75. The first-order chi connectivity index (χ1) is 11.6. The number of benzene rings is 1. The van der Waals surface area contributed by atoms with E-state index in [1.807, 2.05) is 42.2 Å². The lowest BCUT2D eigenvalue weighted by atomic mass is 10.1. The molecule has 0 aliphatic carbocycles. The van der Waals surface area contributed by atoms with Crippen molar-refractivity contribution in [1.82, 2.24) is 15.2 Å². The molecule has 1 fully saturated rings. The number of likely N-dealkylation sites (tertiary alicyclic amines) is 1. The molecule has 2 aromatic rings. The van der Waals surface area contributed by atoms with Gasteiger partial charge in [0.1, 0.15) is 0 Å². The third kappa shape index (κ3) is 3.79. The number of nitrogens with one attached hydrogen (secondary N) is 1. The SMILES string of the molecule is Cc1ccc(C(=O)NCc2ccc(C(=O)N3CCCC3)cc2)cn1. The van der Waals surface area contributed by atoms with Crippen LogP contribution >= 0.6 is 0 Å². The van der Waals surface area contributed by atoms with E-state index in [1.165, 1.54) is 0 Å². The molecule has 0 radical (unpaired) electrons. The molecule has 1 saturated heterocycles. The van der Waals surface area contributed by atoms with Crippen LogP contribution in [0.25, 0.3) is 0 Å². The van der Waals surface area contributed by atoms with Gasteiger partial charge in [0.25, 0.3) is 11.8 Å². The average molecular weight is 323 g/mol. The molecule has 1 aliphatic heterocycles. The van der Waals surface area contributed by atoms with E-state index in [0.29, 0.717) is 17.7 Å². The van der Waals surface area contributed by atoms with E-state index < -0.39 is 0 Å². The Hall–Kier alpha value is -2.69. The second-order valence-electron chi connectivity index (χ2n) is 6.07. The largest absolute Gasteiger partial charge is 0.348 e. The van der Waals surface area contributed by atoms with Crippen molar-refractivity contribution in [2.45, 2.75) is 26.3 Å². The maximum atomic E-state index is 12.3. The molecule has 2 amide bonds. The minimum Gasteiger partial charge on any atom is -0.348 e. The molecule has 0 spiro atoms. The highest BCUT2D eigenvalue weighted by atomic mass is 16.2. The fraction of sp³-hybridized carbons (Fsp3) is 0.316. The number of pyridine rings is 1. The predicted octanol–water partition coefficient (Wildman–Crippen LogP) is 2.56. The molecule has 2 heterocycles. The third-order valence-electron chi connectivity index (χ3n) is 4.22. The Morgan fingerprint density at radius 2 is 1.71 bits per heavy atom. The molecule has 0 bridgehead atoms. The predicted molar refractivity (Wildman–Crippen MR) is 91.7 cm³/mol. The van der Waals surface area contributed by atoms with E-state index in [1.54, 1.807) is 12.3 Å². The minimum absolute atomic E-state index is 0.0915. The Kier molecular flexibility index (Phi) is 4.89. The summed E-state index contributed by atoms with van der Waals surface area (Å²) in [7, 11) is 0. The zero-order valence-corrected chi connectivity index (χ0v) is 13.8. The molecule has 124 valence electrons. The van der Waals surface area contributed by atoms with E-state index in [2.05, 4.69) is 10.3 Å². The lowest BCUT2D eigenvalue weighted by Crippen LogP contribution is -2.27. The van der Waals surface area contributed by atoms with Crippen LogP contribution in [0.2, 0.25) is 0 Å². The maximum Gasteiger partial charge on any atom is 0.253 e. The van der Waals surface area contributed by atoms with Gasteiger partial charge in [-0.05, 0) is 49.6 Å². The summed E-state index contributed by atoms with van der Waals surface area (Å²) in [5.41, 5.74) is 3.09. The highest BCUT2D eigenvalue weighted by molar-refractivity contribution is 5.95. The molecule has 1 aromatic carbocycles. The third-order valence-corrected chi connectivity index (χ3v) is 4.22. The van der Waals surface area contributed by atoms with Crippen molar-refractivity contribution < 1.29 is 9.59 Å². The second kappa shape index (κ2) is 7.25. The van der Waals surface area contributed by atoms with Crippen molar-refractivity contribution in [2.24, 2.45) is 0 Å². The van der Waals surface area contributed by atoms with Gasteiger partial charge in [0.15, 0.2) is 0 Å². The van der Waals surface area contributed by atoms with E-state index in [4.69, 9.17) is 0 Å². The van der Waals surface area contributed by atoms with Crippen molar-refractivity contribution in [2.75, 3.05) is 13.1 Å². The normalized spacial score (nSPS) is 13.8. The fourth-order valence-electron chi connectivity index (χ4n) is 2.75. The highest BCUT2D eigenvalue weighted by Gasteiger charge is 2.19. The van der Waals surface area contributed by atoms with Gasteiger partial charge in [-0.3, -0.25) is 14.6 Å². The first kappa shape index (κ1) is 16.2. The van der Waals surface area contributed by atoms with Crippen molar-refractivity contribution in [1.29, 1.82) is 0 Å². The smallest absolute Gasteiger partial charge is 0.253 e. The first-order valence-corrected chi connectivity index (χ1v) is 8.22. The Morgan fingerprint density at radius 1 is 1.04 bits per heavy atom. The summed E-state index contributed by atoms with van der Waals surface area (Å²) in [6.45, 7) is 4.00. The van der Waals surface area contributed by atoms with E-state index in [-0.39, 0.29) is 11.8 Å². The molecule has 1 aliphatic rings. The first-order valence-electron chi connectivity index (χ1n) is 8.22. The van der Waals surface area contributed by atoms with Gasteiger partial charge in [-0.25, -0.2) is 0 Å². The molecule has 5 heteroatoms. The van der Waals surface area contributed by atoms with Gasteiger partial charge >= 0.3 is 0 Å². The summed E-state index contributed by atoms with van der Waals surface area (Å²) in [6.07, 6.45) is 3.75. The van der Waals surface area contributed by atoms with Crippen LogP contribution in [0.1, 0.15) is 44.8 Å². The summed E-state index contributed by atoms with van der Waals surface area (Å²) in [6, 6.07) is 11.0. The molecular formula is C19H21N3O2. The van der Waals surface area contributed by atoms with Crippen LogP contribution in [0, 0.1) is 6.92 Å². The molecule has 0 atom stereocenters. The molecule has 3 rings (SSSR count). The Bertz CT molecular complexity index is 717. The lowest BCUT2D eigenvalue weighted by molar-refractivity contribution is 0.0792. The van der Waals surface area contributed by atoms with Crippen LogP contribution in [0.3, 0.4) is 0 Å². The number of aromatic nitrogens is 1. The summed E-state index contributed by atoms with van der Waals surface area (Å²) in [4.78, 5) is 30.4. The lowest BCUT2D eigenvalue weighted by Gasteiger charge is -2.15. The van der Waals surface area contributed by atoms with Gasteiger partial charge < -0.3 is 10.2 Å². The van der Waals surface area contributed by atoms with Crippen LogP contribution in [0.15, 0.2) is 42.6 Å². The molecule has 5 nitrogen and oxygen atoms in total. The van der Waals surface area contributed by atoms with Crippen LogP contribution in [-0.4, -0.2) is 34.8 Å². The molecule has 1 N–H and O–H groups in total. The van der Waals surface area contributed by atoms with Gasteiger partial charge in [-0.2, -0.15) is 0 Å². The van der Waals surface area contributed by atoms with Gasteiger partial charge in [0, 0.05) is 37.1 Å². The molecule has 24 heavy (non-hydrogen) atoms. The van der Waals surface area contributed by atoms with Crippen molar-refractivity contribution in [3.8, 4) is 0 Å². The summed E-state index contributed by atoms with van der Waals surface area (Å²) < 4.78 is 0. The number of carbonyl (C=O) groups is 2. The monoisotopic (exact) mass is 323 g/mol. The quantitative estimate of drug-likeness (QED) is 0.940. The van der Waals surface area contributed by atoms with E-state index in [0.717, 1.165) is 37.2 Å². The highest BCUT2D eigenvalue weighted by Crippen LogP contribution is 2.13. The minimum atomic E-state index is -0.153. The number of rotatable bonds is 4. The summed E-state index contributed by atoms with van der Waals surface area (Å²) in [5.74, 6) is -0.0615. The zero-order valence-electron chi connectivity index (χ0n) is 13.8. The summed E-state index contributed by atoms with van der Waals surface area (Å²) >= 11 is 0. The van der Waals surface area contributed by atoms with Crippen LogP contribution < -0.4 is 5.32 Å². The van der Waals surface area contributed by atoms with Crippen molar-refractivity contribution in [3.05, 3.63) is 65.0 Å². The van der Waals surface area contributed by atoms with E-state index in [9.17, 15) is 9.59 Å². The average Bonchev–Trinajstić information content (AvgIpc) is 3.15.